The van der Waals surface area contributed by atoms with Crippen molar-refractivity contribution >= 4 is 23.5 Å². The van der Waals surface area contributed by atoms with Gasteiger partial charge in [0.1, 0.15) is 0 Å². The van der Waals surface area contributed by atoms with Gasteiger partial charge in [0.05, 0.1) is 0 Å². The van der Waals surface area contributed by atoms with Crippen LogP contribution in [-0.4, -0.2) is 47.0 Å². The summed E-state index contributed by atoms with van der Waals surface area (Å²) < 4.78 is 0. The molecule has 3 heterocycles. The van der Waals surface area contributed by atoms with Crippen LogP contribution < -0.4 is 4.90 Å². The predicted molar refractivity (Wildman–Crippen MR) is 88.6 cm³/mol. The summed E-state index contributed by atoms with van der Waals surface area (Å²) in [5.74, 6) is 1.84. The molecule has 2 aliphatic heterocycles. The maximum atomic E-state index is 12.6. The van der Waals surface area contributed by atoms with Crippen molar-refractivity contribution in [2.45, 2.75) is 0 Å². The number of nitrogens with zero attached hydrogens (tertiary/aromatic N) is 4. The van der Waals surface area contributed by atoms with E-state index in [4.69, 9.17) is 11.6 Å². The molecule has 2 aliphatic rings. The molecule has 0 N–H and O–H groups in total. The third kappa shape index (κ3) is 2.77. The molecular formula is C17H17ClN4O. The van der Waals surface area contributed by atoms with Gasteiger partial charge >= 0.3 is 0 Å². The monoisotopic (exact) mass is 328 g/mol. The molecule has 1 amide bonds. The zero-order valence-electron chi connectivity index (χ0n) is 12.6. The van der Waals surface area contributed by atoms with E-state index in [1.807, 2.05) is 23.1 Å². The Bertz CT molecular complexity index is 710. The molecule has 2 saturated heterocycles. The lowest BCUT2D eigenvalue weighted by Crippen LogP contribution is -2.33. The van der Waals surface area contributed by atoms with Crippen molar-refractivity contribution in [2.75, 3.05) is 31.1 Å². The number of likely N-dealkylation sites (tertiary alicyclic amines) is 1. The van der Waals surface area contributed by atoms with Gasteiger partial charge in [0.15, 0.2) is 0 Å². The first-order chi connectivity index (χ1) is 11.2. The molecular weight excluding hydrogens is 312 g/mol. The quantitative estimate of drug-likeness (QED) is 0.849. The minimum Gasteiger partial charge on any atom is -0.340 e. The number of rotatable bonds is 2. The summed E-state index contributed by atoms with van der Waals surface area (Å²) in [6.45, 7) is 3.40. The van der Waals surface area contributed by atoms with Crippen LogP contribution in [0.1, 0.15) is 10.4 Å². The second-order valence-corrected chi connectivity index (χ2v) is 6.63. The molecule has 0 saturated carbocycles. The van der Waals surface area contributed by atoms with Gasteiger partial charge in [-0.2, -0.15) is 0 Å². The number of amides is 1. The first-order valence-electron chi connectivity index (χ1n) is 7.77. The molecule has 23 heavy (non-hydrogen) atoms. The lowest BCUT2D eigenvalue weighted by molar-refractivity contribution is 0.0782. The van der Waals surface area contributed by atoms with E-state index in [2.05, 4.69) is 14.9 Å². The van der Waals surface area contributed by atoms with Crippen molar-refractivity contribution < 1.29 is 4.79 Å². The lowest BCUT2D eigenvalue weighted by Gasteiger charge is -2.21. The Hall–Kier alpha value is -2.14. The molecule has 4 rings (SSSR count). The molecule has 0 unspecified atom stereocenters. The standard InChI is InChI=1S/C17H17ClN4O/c18-15-4-1-3-12(7-15)16(23)21-8-13-10-22(11-14(13)9-21)17-19-5-2-6-20-17/h1-7,13-14H,8-11H2/t13-,14-/m0/s1. The highest BCUT2D eigenvalue weighted by Gasteiger charge is 2.42. The van der Waals surface area contributed by atoms with Crippen LogP contribution in [0.15, 0.2) is 42.7 Å². The van der Waals surface area contributed by atoms with Crippen LogP contribution >= 0.6 is 11.6 Å². The first-order valence-corrected chi connectivity index (χ1v) is 8.15. The minimum absolute atomic E-state index is 0.0735. The van der Waals surface area contributed by atoms with Crippen molar-refractivity contribution in [1.82, 2.24) is 14.9 Å². The van der Waals surface area contributed by atoms with Gasteiger partial charge in [-0.05, 0) is 24.3 Å². The van der Waals surface area contributed by atoms with Gasteiger partial charge in [0, 0.05) is 61.0 Å². The number of halogens is 1. The summed E-state index contributed by atoms with van der Waals surface area (Å²) in [6, 6.07) is 9.00. The molecule has 6 heteroatoms. The van der Waals surface area contributed by atoms with Crippen molar-refractivity contribution in [2.24, 2.45) is 11.8 Å². The number of benzene rings is 1. The van der Waals surface area contributed by atoms with Crippen molar-refractivity contribution in [1.29, 1.82) is 0 Å². The third-order valence-corrected chi connectivity index (χ3v) is 4.92. The van der Waals surface area contributed by atoms with Gasteiger partial charge in [-0.1, -0.05) is 17.7 Å². The van der Waals surface area contributed by atoms with Crippen LogP contribution in [0.4, 0.5) is 5.95 Å². The van der Waals surface area contributed by atoms with Crippen molar-refractivity contribution in [3.05, 3.63) is 53.3 Å². The molecule has 0 radical (unpaired) electrons. The third-order valence-electron chi connectivity index (χ3n) is 4.68. The van der Waals surface area contributed by atoms with Crippen LogP contribution in [0.25, 0.3) is 0 Å². The van der Waals surface area contributed by atoms with Crippen molar-refractivity contribution in [3.63, 3.8) is 0 Å². The summed E-state index contributed by atoms with van der Waals surface area (Å²) in [5.41, 5.74) is 0.667. The second-order valence-electron chi connectivity index (χ2n) is 6.19. The fourth-order valence-electron chi connectivity index (χ4n) is 3.58. The second kappa shape index (κ2) is 5.81. The number of hydrogen-bond donors (Lipinski definition) is 0. The number of fused-ring (bicyclic) bond motifs is 1. The van der Waals surface area contributed by atoms with Gasteiger partial charge in [-0.3, -0.25) is 4.79 Å². The average Bonchev–Trinajstić information content (AvgIpc) is 3.14. The Morgan fingerprint density at radius 1 is 1.04 bits per heavy atom. The summed E-state index contributed by atoms with van der Waals surface area (Å²) in [4.78, 5) is 25.4. The molecule has 2 atom stereocenters. The lowest BCUT2D eigenvalue weighted by atomic mass is 10.0. The summed E-state index contributed by atoms with van der Waals surface area (Å²) >= 11 is 5.99. The largest absolute Gasteiger partial charge is 0.340 e. The van der Waals surface area contributed by atoms with E-state index < -0.39 is 0 Å². The highest BCUT2D eigenvalue weighted by Crippen LogP contribution is 2.33. The zero-order chi connectivity index (χ0) is 15.8. The number of aromatic nitrogens is 2. The Morgan fingerprint density at radius 3 is 2.39 bits per heavy atom. The van der Waals surface area contributed by atoms with E-state index in [-0.39, 0.29) is 5.91 Å². The smallest absolute Gasteiger partial charge is 0.253 e. The van der Waals surface area contributed by atoms with Gasteiger partial charge < -0.3 is 9.80 Å². The summed E-state index contributed by atoms with van der Waals surface area (Å²) in [5, 5.41) is 0.600. The Labute approximate surface area is 139 Å². The van der Waals surface area contributed by atoms with Crippen LogP contribution in [-0.2, 0) is 0 Å². The Kier molecular flexibility index (Phi) is 3.65. The normalized spacial score (nSPS) is 23.2. The number of hydrogen-bond acceptors (Lipinski definition) is 4. The highest BCUT2D eigenvalue weighted by molar-refractivity contribution is 6.30. The highest BCUT2D eigenvalue weighted by atomic mass is 35.5. The van der Waals surface area contributed by atoms with Crippen LogP contribution in [0.3, 0.4) is 0 Å². The fourth-order valence-corrected chi connectivity index (χ4v) is 3.77. The summed E-state index contributed by atoms with van der Waals surface area (Å²) in [7, 11) is 0. The first kappa shape index (κ1) is 14.5. The SMILES string of the molecule is O=C(c1cccc(Cl)c1)N1C[C@H]2CN(c3ncccn3)C[C@@H]2C1. The number of anilines is 1. The molecule has 0 spiro atoms. The average molecular weight is 329 g/mol. The Balaban J connectivity index is 1.43. The summed E-state index contributed by atoms with van der Waals surface area (Å²) in [6.07, 6.45) is 3.54. The van der Waals surface area contributed by atoms with Crippen LogP contribution in [0.2, 0.25) is 5.02 Å². The van der Waals surface area contributed by atoms with Crippen LogP contribution in [0.5, 0.6) is 0 Å². The topological polar surface area (TPSA) is 49.3 Å². The van der Waals surface area contributed by atoms with Gasteiger partial charge in [-0.25, -0.2) is 9.97 Å². The van der Waals surface area contributed by atoms with E-state index >= 15 is 0 Å². The number of carbonyl (C=O) groups is 1. The molecule has 2 aromatic rings. The van der Waals surface area contributed by atoms with Gasteiger partial charge in [0.2, 0.25) is 5.95 Å². The van der Waals surface area contributed by atoms with E-state index in [0.717, 1.165) is 32.1 Å². The number of carbonyl (C=O) groups excluding carboxylic acids is 1. The van der Waals surface area contributed by atoms with E-state index in [0.29, 0.717) is 22.4 Å². The van der Waals surface area contributed by atoms with Crippen molar-refractivity contribution in [3.8, 4) is 0 Å². The minimum atomic E-state index is 0.0735. The van der Waals surface area contributed by atoms with E-state index in [9.17, 15) is 4.79 Å². The molecule has 2 fully saturated rings. The van der Waals surface area contributed by atoms with Gasteiger partial charge in [0.25, 0.3) is 5.91 Å². The molecule has 118 valence electrons. The molecule has 0 bridgehead atoms. The van der Waals surface area contributed by atoms with E-state index in [1.165, 1.54) is 0 Å². The molecule has 1 aromatic carbocycles. The van der Waals surface area contributed by atoms with E-state index in [1.54, 1.807) is 24.5 Å². The fraction of sp³-hybridized carbons (Fsp3) is 0.353. The maximum absolute atomic E-state index is 12.6. The Morgan fingerprint density at radius 2 is 1.74 bits per heavy atom. The molecule has 5 nitrogen and oxygen atoms in total. The molecule has 1 aromatic heterocycles. The maximum Gasteiger partial charge on any atom is 0.253 e. The van der Waals surface area contributed by atoms with Crippen LogP contribution in [0, 0.1) is 11.8 Å². The molecule has 0 aliphatic carbocycles. The predicted octanol–water partition coefficient (Wildman–Crippen LogP) is 2.34. The zero-order valence-corrected chi connectivity index (χ0v) is 13.4. The van der Waals surface area contributed by atoms with Gasteiger partial charge in [-0.15, -0.1) is 0 Å².